The number of anilines is 1. The molecule has 7 heteroatoms. The molecule has 0 fully saturated rings. The lowest BCUT2D eigenvalue weighted by Crippen LogP contribution is -2.26. The van der Waals surface area contributed by atoms with Gasteiger partial charge in [0.15, 0.2) is 0 Å². The Labute approximate surface area is 127 Å². The first-order chi connectivity index (χ1) is 9.43. The van der Waals surface area contributed by atoms with Crippen molar-refractivity contribution in [3.05, 3.63) is 24.3 Å². The number of alkyl halides is 3. The van der Waals surface area contributed by atoms with Crippen LogP contribution in [0.1, 0.15) is 19.8 Å². The van der Waals surface area contributed by atoms with E-state index in [0.717, 1.165) is 36.9 Å². The third kappa shape index (κ3) is 4.41. The molecule has 0 spiro atoms. The SMILES string of the molecule is CCCCN(CCBr)c1ccc(S(=O)(=O)C(F)F)cc1. The molecular weight excluding hydrogens is 352 g/mol. The summed E-state index contributed by atoms with van der Waals surface area (Å²) in [5, 5.41) is 0.786. The number of hydrogen-bond donors (Lipinski definition) is 0. The summed E-state index contributed by atoms with van der Waals surface area (Å²) in [7, 11) is -4.51. The Bertz CT molecular complexity index is 506. The number of benzene rings is 1. The Morgan fingerprint density at radius 3 is 2.25 bits per heavy atom. The molecule has 0 unspecified atom stereocenters. The summed E-state index contributed by atoms with van der Waals surface area (Å²) in [6.45, 7) is 3.72. The molecule has 3 nitrogen and oxygen atoms in total. The molecule has 0 amide bonds. The molecule has 0 atom stereocenters. The Balaban J connectivity index is 2.93. The average Bonchev–Trinajstić information content (AvgIpc) is 2.43. The fraction of sp³-hybridized carbons (Fsp3) is 0.538. The van der Waals surface area contributed by atoms with Gasteiger partial charge in [0.05, 0.1) is 4.90 Å². The van der Waals surface area contributed by atoms with Gasteiger partial charge in [0.25, 0.3) is 0 Å². The van der Waals surface area contributed by atoms with Crippen molar-refractivity contribution in [2.45, 2.75) is 30.4 Å². The molecule has 0 radical (unpaired) electrons. The number of sulfone groups is 1. The van der Waals surface area contributed by atoms with Crippen molar-refractivity contribution in [2.24, 2.45) is 0 Å². The van der Waals surface area contributed by atoms with E-state index in [2.05, 4.69) is 27.8 Å². The maximum absolute atomic E-state index is 12.4. The maximum Gasteiger partial charge on any atom is 0.341 e. The molecule has 0 aliphatic carbocycles. The van der Waals surface area contributed by atoms with Gasteiger partial charge < -0.3 is 4.90 Å². The molecule has 0 aliphatic heterocycles. The summed E-state index contributed by atoms with van der Waals surface area (Å²) < 4.78 is 47.6. The van der Waals surface area contributed by atoms with E-state index in [1.165, 1.54) is 12.1 Å². The van der Waals surface area contributed by atoms with Crippen molar-refractivity contribution in [1.29, 1.82) is 0 Å². The minimum absolute atomic E-state index is 0.342. The van der Waals surface area contributed by atoms with Gasteiger partial charge in [0.2, 0.25) is 9.84 Å². The standard InChI is InChI=1S/C13H18BrF2NO2S/c1-2-3-9-17(10-8-14)11-4-6-12(7-5-11)20(18,19)13(15)16/h4-7,13H,2-3,8-10H2,1H3. The van der Waals surface area contributed by atoms with E-state index < -0.39 is 15.6 Å². The van der Waals surface area contributed by atoms with Gasteiger partial charge in [-0.25, -0.2) is 8.42 Å². The summed E-state index contributed by atoms with van der Waals surface area (Å²) in [5.41, 5.74) is 0.839. The number of halogens is 3. The number of rotatable bonds is 8. The van der Waals surface area contributed by atoms with Gasteiger partial charge in [-0.1, -0.05) is 29.3 Å². The topological polar surface area (TPSA) is 37.4 Å². The molecule has 0 saturated heterocycles. The number of nitrogens with zero attached hydrogens (tertiary/aromatic N) is 1. The zero-order chi connectivity index (χ0) is 15.2. The Kier molecular flexibility index (Phi) is 6.88. The first kappa shape index (κ1) is 17.4. The summed E-state index contributed by atoms with van der Waals surface area (Å²) in [6, 6.07) is 5.63. The molecule has 0 N–H and O–H groups in total. The second-order valence-electron chi connectivity index (χ2n) is 4.33. The Morgan fingerprint density at radius 2 is 1.80 bits per heavy atom. The van der Waals surface area contributed by atoms with Gasteiger partial charge in [0, 0.05) is 24.1 Å². The van der Waals surface area contributed by atoms with Crippen molar-refractivity contribution in [3.63, 3.8) is 0 Å². The van der Waals surface area contributed by atoms with Gasteiger partial charge >= 0.3 is 5.76 Å². The average molecular weight is 370 g/mol. The molecule has 0 aliphatic rings. The highest BCUT2D eigenvalue weighted by Crippen LogP contribution is 2.22. The summed E-state index contributed by atoms with van der Waals surface area (Å²) >= 11 is 3.37. The summed E-state index contributed by atoms with van der Waals surface area (Å²) in [6.07, 6.45) is 2.07. The van der Waals surface area contributed by atoms with E-state index in [0.29, 0.717) is 0 Å². The lowest BCUT2D eigenvalue weighted by molar-refractivity contribution is 0.234. The normalized spacial score (nSPS) is 11.8. The van der Waals surface area contributed by atoms with Crippen molar-refractivity contribution < 1.29 is 17.2 Å². The molecule has 1 aromatic rings. The summed E-state index contributed by atoms with van der Waals surface area (Å²) in [5.74, 6) is -3.38. The van der Waals surface area contributed by atoms with E-state index >= 15 is 0 Å². The third-order valence-electron chi connectivity index (χ3n) is 2.90. The van der Waals surface area contributed by atoms with Crippen LogP contribution in [-0.2, 0) is 9.84 Å². The highest BCUT2D eigenvalue weighted by Gasteiger charge is 2.26. The quantitative estimate of drug-likeness (QED) is 0.655. The minimum atomic E-state index is -4.51. The number of unbranched alkanes of at least 4 members (excludes halogenated alkanes) is 1. The Hall–Kier alpha value is -0.690. The van der Waals surface area contributed by atoms with Gasteiger partial charge in [-0.3, -0.25) is 0 Å². The molecule has 1 aromatic carbocycles. The lowest BCUT2D eigenvalue weighted by Gasteiger charge is -2.24. The highest BCUT2D eigenvalue weighted by molar-refractivity contribution is 9.09. The maximum atomic E-state index is 12.4. The molecular formula is C13H18BrF2NO2S. The van der Waals surface area contributed by atoms with Crippen LogP contribution in [-0.4, -0.2) is 32.6 Å². The van der Waals surface area contributed by atoms with Crippen LogP contribution < -0.4 is 4.90 Å². The van der Waals surface area contributed by atoms with E-state index in [-0.39, 0.29) is 4.90 Å². The van der Waals surface area contributed by atoms with Crippen LogP contribution in [0, 0.1) is 0 Å². The first-order valence-electron chi connectivity index (χ1n) is 6.36. The number of hydrogen-bond acceptors (Lipinski definition) is 3. The Morgan fingerprint density at radius 1 is 1.20 bits per heavy atom. The third-order valence-corrected chi connectivity index (χ3v) is 4.65. The van der Waals surface area contributed by atoms with Crippen molar-refractivity contribution in [1.82, 2.24) is 0 Å². The predicted octanol–water partition coefficient (Wildman–Crippen LogP) is 3.68. The van der Waals surface area contributed by atoms with Crippen LogP contribution in [0.4, 0.5) is 14.5 Å². The predicted molar refractivity (Wildman–Crippen MR) is 80.5 cm³/mol. The van der Waals surface area contributed by atoms with Crippen molar-refractivity contribution in [2.75, 3.05) is 23.3 Å². The molecule has 0 bridgehead atoms. The monoisotopic (exact) mass is 369 g/mol. The zero-order valence-electron chi connectivity index (χ0n) is 11.2. The van der Waals surface area contributed by atoms with Gasteiger partial charge in [-0.05, 0) is 30.7 Å². The molecule has 0 heterocycles. The van der Waals surface area contributed by atoms with E-state index in [9.17, 15) is 17.2 Å². The summed E-state index contributed by atoms with van der Waals surface area (Å²) in [4.78, 5) is 1.75. The molecule has 0 aromatic heterocycles. The van der Waals surface area contributed by atoms with Gasteiger partial charge in [-0.15, -0.1) is 0 Å². The van der Waals surface area contributed by atoms with E-state index in [1.54, 1.807) is 12.1 Å². The molecule has 1 rings (SSSR count). The van der Waals surface area contributed by atoms with Crippen molar-refractivity contribution in [3.8, 4) is 0 Å². The smallest absolute Gasteiger partial charge is 0.341 e. The van der Waals surface area contributed by atoms with Crippen molar-refractivity contribution >= 4 is 31.5 Å². The van der Waals surface area contributed by atoms with E-state index in [4.69, 9.17) is 0 Å². The van der Waals surface area contributed by atoms with Crippen LogP contribution in [0.5, 0.6) is 0 Å². The second kappa shape index (κ2) is 7.93. The van der Waals surface area contributed by atoms with Crippen LogP contribution in [0.2, 0.25) is 0 Å². The molecule has 0 saturated carbocycles. The van der Waals surface area contributed by atoms with Gasteiger partial charge in [-0.2, -0.15) is 8.78 Å². The second-order valence-corrected chi connectivity index (χ2v) is 7.04. The van der Waals surface area contributed by atoms with Crippen LogP contribution in [0.25, 0.3) is 0 Å². The highest BCUT2D eigenvalue weighted by atomic mass is 79.9. The van der Waals surface area contributed by atoms with Crippen LogP contribution in [0.15, 0.2) is 29.2 Å². The fourth-order valence-corrected chi connectivity index (χ4v) is 2.92. The first-order valence-corrected chi connectivity index (χ1v) is 9.03. The zero-order valence-corrected chi connectivity index (χ0v) is 13.6. The van der Waals surface area contributed by atoms with Crippen LogP contribution in [0.3, 0.4) is 0 Å². The van der Waals surface area contributed by atoms with Gasteiger partial charge in [0.1, 0.15) is 0 Å². The largest absolute Gasteiger partial charge is 0.371 e. The van der Waals surface area contributed by atoms with E-state index in [1.807, 2.05) is 0 Å². The minimum Gasteiger partial charge on any atom is -0.371 e. The lowest BCUT2D eigenvalue weighted by atomic mass is 10.2. The van der Waals surface area contributed by atoms with Crippen LogP contribution >= 0.6 is 15.9 Å². The fourth-order valence-electron chi connectivity index (χ4n) is 1.77. The molecule has 20 heavy (non-hydrogen) atoms. The molecule has 114 valence electrons.